The van der Waals surface area contributed by atoms with Crippen molar-refractivity contribution in [1.29, 1.82) is 0 Å². The summed E-state index contributed by atoms with van der Waals surface area (Å²) >= 11 is 1.63. The molecule has 2 heterocycles. The largest absolute Gasteiger partial charge is 0.415 e. The predicted octanol–water partition coefficient (Wildman–Crippen LogP) is 4.07. The van der Waals surface area contributed by atoms with Crippen LogP contribution < -0.4 is 11.5 Å². The summed E-state index contributed by atoms with van der Waals surface area (Å²) in [4.78, 5) is 0.842. The van der Waals surface area contributed by atoms with E-state index in [0.29, 0.717) is 17.5 Å². The zero-order valence-corrected chi connectivity index (χ0v) is 15.5. The smallest absolute Gasteiger partial charge is 0.256 e. The first-order valence-corrected chi connectivity index (χ1v) is 9.19. The van der Waals surface area contributed by atoms with Crippen molar-refractivity contribution >= 4 is 16.7 Å². The summed E-state index contributed by atoms with van der Waals surface area (Å²) in [5.41, 5.74) is 18.2. The summed E-state index contributed by atoms with van der Waals surface area (Å²) in [5.74, 6) is 1.75. The summed E-state index contributed by atoms with van der Waals surface area (Å²) in [6.07, 6.45) is 0.879. The summed E-state index contributed by atoms with van der Waals surface area (Å²) in [7, 11) is 0. The van der Waals surface area contributed by atoms with E-state index >= 15 is 0 Å². The molecule has 0 spiro atoms. The molecule has 25 heavy (non-hydrogen) atoms. The molecule has 0 unspecified atom stereocenters. The molecule has 1 aromatic heterocycles. The SMILES string of the molecule is CCC(=C(\C)N)/C(C)=C1\CSC(c2nnc(-c3ccccc3)o2)=C1N. The molecule has 0 aliphatic carbocycles. The van der Waals surface area contributed by atoms with Crippen molar-refractivity contribution in [3.05, 3.63) is 64.3 Å². The van der Waals surface area contributed by atoms with Crippen LogP contribution in [0.25, 0.3) is 16.4 Å². The van der Waals surface area contributed by atoms with E-state index in [1.54, 1.807) is 11.8 Å². The van der Waals surface area contributed by atoms with Gasteiger partial charge in [-0.3, -0.25) is 0 Å². The minimum Gasteiger partial charge on any atom is -0.415 e. The fourth-order valence-corrected chi connectivity index (χ4v) is 4.10. The Morgan fingerprint density at radius 2 is 1.84 bits per heavy atom. The van der Waals surface area contributed by atoms with E-state index in [1.807, 2.05) is 37.3 Å². The first kappa shape index (κ1) is 17.4. The summed E-state index contributed by atoms with van der Waals surface area (Å²) in [5, 5.41) is 8.33. The fraction of sp³-hybridized carbons (Fsp3) is 0.263. The van der Waals surface area contributed by atoms with Gasteiger partial charge in [0.15, 0.2) is 0 Å². The normalized spacial score (nSPS) is 17.7. The minimum atomic E-state index is 0.468. The van der Waals surface area contributed by atoms with Crippen LogP contribution in [0.1, 0.15) is 33.1 Å². The maximum absolute atomic E-state index is 6.41. The van der Waals surface area contributed by atoms with E-state index in [9.17, 15) is 0 Å². The molecule has 1 aliphatic rings. The van der Waals surface area contributed by atoms with Gasteiger partial charge in [-0.2, -0.15) is 0 Å². The second-order valence-corrected chi connectivity index (χ2v) is 6.91. The van der Waals surface area contributed by atoms with Crippen LogP contribution in [0, 0.1) is 0 Å². The Bertz CT molecular complexity index is 874. The summed E-state index contributed by atoms with van der Waals surface area (Å²) < 4.78 is 5.85. The molecule has 2 aromatic rings. The van der Waals surface area contributed by atoms with Gasteiger partial charge < -0.3 is 15.9 Å². The number of hydrogen-bond acceptors (Lipinski definition) is 6. The highest BCUT2D eigenvalue weighted by molar-refractivity contribution is 8.08. The van der Waals surface area contributed by atoms with Crippen molar-refractivity contribution in [1.82, 2.24) is 10.2 Å². The lowest BCUT2D eigenvalue weighted by Gasteiger charge is -2.12. The third kappa shape index (κ3) is 3.35. The van der Waals surface area contributed by atoms with Crippen molar-refractivity contribution in [2.24, 2.45) is 11.5 Å². The molecule has 0 saturated carbocycles. The van der Waals surface area contributed by atoms with Gasteiger partial charge in [-0.05, 0) is 49.1 Å². The van der Waals surface area contributed by atoms with E-state index < -0.39 is 0 Å². The maximum atomic E-state index is 6.41. The molecule has 4 N–H and O–H groups in total. The number of rotatable bonds is 4. The molecule has 1 aliphatic heterocycles. The number of benzene rings is 1. The number of nitrogens with two attached hydrogens (primary N) is 2. The van der Waals surface area contributed by atoms with E-state index in [-0.39, 0.29) is 0 Å². The summed E-state index contributed by atoms with van der Waals surface area (Å²) in [6.45, 7) is 6.10. The van der Waals surface area contributed by atoms with Crippen LogP contribution in [0.5, 0.6) is 0 Å². The van der Waals surface area contributed by atoms with Crippen molar-refractivity contribution in [3.8, 4) is 11.5 Å². The molecule has 0 atom stereocenters. The average Bonchev–Trinajstić information content (AvgIpc) is 3.22. The first-order valence-electron chi connectivity index (χ1n) is 8.20. The Balaban J connectivity index is 1.98. The molecule has 0 fully saturated rings. The van der Waals surface area contributed by atoms with Gasteiger partial charge in [0.05, 0.1) is 10.6 Å². The van der Waals surface area contributed by atoms with Crippen molar-refractivity contribution in [3.63, 3.8) is 0 Å². The molecule has 0 bridgehead atoms. The van der Waals surface area contributed by atoms with Crippen molar-refractivity contribution < 1.29 is 4.42 Å². The van der Waals surface area contributed by atoms with Gasteiger partial charge in [0.25, 0.3) is 5.89 Å². The number of hydrogen-bond donors (Lipinski definition) is 2. The molecule has 6 heteroatoms. The van der Waals surface area contributed by atoms with Gasteiger partial charge in [0, 0.05) is 17.0 Å². The van der Waals surface area contributed by atoms with Gasteiger partial charge >= 0.3 is 0 Å². The third-order valence-electron chi connectivity index (χ3n) is 4.31. The second kappa shape index (κ2) is 7.19. The zero-order chi connectivity index (χ0) is 18.0. The molecule has 1 aromatic carbocycles. The van der Waals surface area contributed by atoms with Gasteiger partial charge in [-0.15, -0.1) is 22.0 Å². The topological polar surface area (TPSA) is 91.0 Å². The van der Waals surface area contributed by atoms with Crippen LogP contribution in [0.15, 0.2) is 62.9 Å². The van der Waals surface area contributed by atoms with Gasteiger partial charge in [0.1, 0.15) is 0 Å². The maximum Gasteiger partial charge on any atom is 0.256 e. The molecule has 0 saturated heterocycles. The van der Waals surface area contributed by atoms with E-state index in [1.165, 1.54) is 0 Å². The molecule has 5 nitrogen and oxygen atoms in total. The van der Waals surface area contributed by atoms with E-state index in [4.69, 9.17) is 15.9 Å². The van der Waals surface area contributed by atoms with E-state index in [2.05, 4.69) is 24.0 Å². The highest BCUT2D eigenvalue weighted by Crippen LogP contribution is 2.42. The molecule has 0 amide bonds. The average molecular weight is 354 g/mol. The molecular formula is C19H22N4OS. The molecule has 3 rings (SSSR count). The predicted molar refractivity (Wildman–Crippen MR) is 103 cm³/mol. The van der Waals surface area contributed by atoms with Gasteiger partial charge in [0.2, 0.25) is 5.89 Å². The zero-order valence-electron chi connectivity index (χ0n) is 14.7. The number of aromatic nitrogens is 2. The highest BCUT2D eigenvalue weighted by Gasteiger charge is 2.26. The molecular weight excluding hydrogens is 332 g/mol. The number of allylic oxidation sites excluding steroid dienone is 4. The van der Waals surface area contributed by atoms with Gasteiger partial charge in [-0.25, -0.2) is 0 Å². The van der Waals surface area contributed by atoms with Crippen LogP contribution in [0.4, 0.5) is 0 Å². The number of thioether (sulfide) groups is 1. The van der Waals surface area contributed by atoms with Gasteiger partial charge in [-0.1, -0.05) is 25.1 Å². The third-order valence-corrected chi connectivity index (χ3v) is 5.42. The second-order valence-electron chi connectivity index (χ2n) is 5.93. The summed E-state index contributed by atoms with van der Waals surface area (Å²) in [6, 6.07) is 9.71. The van der Waals surface area contributed by atoms with Crippen LogP contribution >= 0.6 is 11.8 Å². The van der Waals surface area contributed by atoms with Crippen LogP contribution in [-0.2, 0) is 0 Å². The Morgan fingerprint density at radius 1 is 1.16 bits per heavy atom. The quantitative estimate of drug-likeness (QED) is 0.860. The fourth-order valence-electron chi connectivity index (χ4n) is 2.96. The lowest BCUT2D eigenvalue weighted by molar-refractivity contribution is 0.556. The lowest BCUT2D eigenvalue weighted by atomic mass is 9.97. The van der Waals surface area contributed by atoms with Crippen molar-refractivity contribution in [2.45, 2.75) is 27.2 Å². The first-order chi connectivity index (χ1) is 12.0. The molecule has 0 radical (unpaired) electrons. The monoisotopic (exact) mass is 354 g/mol. The van der Waals surface area contributed by atoms with Crippen molar-refractivity contribution in [2.75, 3.05) is 5.75 Å². The minimum absolute atomic E-state index is 0.468. The highest BCUT2D eigenvalue weighted by atomic mass is 32.2. The standard InChI is InChI=1S/C19H22N4OS/c1-4-14(12(3)20)11(2)15-10-25-17(16(15)21)19-23-22-18(24-19)13-8-6-5-7-9-13/h5-9H,4,10,20-21H2,1-3H3/b14-12-,15-11+. The molecule has 130 valence electrons. The van der Waals surface area contributed by atoms with Crippen LogP contribution in [0.2, 0.25) is 0 Å². The Morgan fingerprint density at radius 3 is 2.48 bits per heavy atom. The van der Waals surface area contributed by atoms with Crippen LogP contribution in [0.3, 0.4) is 0 Å². The lowest BCUT2D eigenvalue weighted by Crippen LogP contribution is -2.06. The Hall–Kier alpha value is -2.47. The van der Waals surface area contributed by atoms with Crippen LogP contribution in [-0.4, -0.2) is 16.0 Å². The van der Waals surface area contributed by atoms with E-state index in [0.717, 1.165) is 45.1 Å². The Labute approximate surface area is 151 Å². The Kier molecular flexibility index (Phi) is 4.99. The number of nitrogens with zero attached hydrogens (tertiary/aromatic N) is 2.